The van der Waals surface area contributed by atoms with E-state index in [9.17, 15) is 43.2 Å². The lowest BCUT2D eigenvalue weighted by atomic mass is 10.1. The van der Waals surface area contributed by atoms with Crippen LogP contribution in [0.25, 0.3) is 0 Å². The molecule has 0 aliphatic carbocycles. The van der Waals surface area contributed by atoms with Gasteiger partial charge in [-0.1, -0.05) is 256 Å². The van der Waals surface area contributed by atoms with Crippen molar-refractivity contribution in [1.82, 2.24) is 0 Å². The number of hydrogen-bond acceptors (Lipinski definition) is 15. The van der Waals surface area contributed by atoms with Gasteiger partial charge < -0.3 is 33.8 Å². The number of phosphoric ester groups is 2. The van der Waals surface area contributed by atoms with Crippen molar-refractivity contribution in [1.29, 1.82) is 0 Å². The summed E-state index contributed by atoms with van der Waals surface area (Å²) in [7, 11) is -10.0. The molecule has 100 heavy (non-hydrogen) atoms. The van der Waals surface area contributed by atoms with Crippen LogP contribution < -0.4 is 0 Å². The normalized spacial score (nSPS) is 14.8. The molecule has 0 aliphatic heterocycles. The molecule has 17 nitrogen and oxygen atoms in total. The van der Waals surface area contributed by atoms with E-state index in [4.69, 9.17) is 37.0 Å². The molecule has 19 heteroatoms. The van der Waals surface area contributed by atoms with Crippen LogP contribution in [0.15, 0.2) is 158 Å². The second kappa shape index (κ2) is 72.0. The third-order valence-corrected chi connectivity index (χ3v) is 16.9. The highest BCUT2D eigenvalue weighted by Crippen LogP contribution is 2.45. The van der Waals surface area contributed by atoms with Crippen LogP contribution in [0.3, 0.4) is 0 Å². The molecule has 0 amide bonds. The summed E-state index contributed by atoms with van der Waals surface area (Å²) < 4.78 is 68.2. The van der Waals surface area contributed by atoms with Crippen molar-refractivity contribution in [3.63, 3.8) is 0 Å². The molecule has 0 fully saturated rings. The van der Waals surface area contributed by atoms with Crippen molar-refractivity contribution >= 4 is 39.5 Å². The van der Waals surface area contributed by atoms with E-state index < -0.39 is 97.5 Å². The zero-order valence-electron chi connectivity index (χ0n) is 61.8. The fourth-order valence-corrected chi connectivity index (χ4v) is 10.8. The summed E-state index contributed by atoms with van der Waals surface area (Å²) in [5.74, 6) is -2.41. The zero-order chi connectivity index (χ0) is 73.2. The number of rotatable bonds is 69. The molecule has 5 atom stereocenters. The van der Waals surface area contributed by atoms with Crippen molar-refractivity contribution in [2.45, 2.75) is 290 Å². The SMILES string of the molecule is CC/C=C\C/C=C\C/C=C\C/C=C\C/C=C\CC(=O)OCC(COP(=O)(O)OCC(O)COP(=O)(O)OCC(COC(=O)CCCCCCCC/C=C\C/C=C\C/C=C\CCCCC)OC(=O)CCCC/C=C\C/C=C\C/C=C\C/C=C\CC)OC(=O)CCCCCCC/C=C\CCCC. The first-order valence-corrected chi connectivity index (χ1v) is 40.7. The maximum absolute atomic E-state index is 13.1. The first-order chi connectivity index (χ1) is 48.7. The molecule has 0 spiro atoms. The molecular weight excluding hydrogens is 1310 g/mol. The van der Waals surface area contributed by atoms with E-state index in [2.05, 4.69) is 161 Å². The molecule has 0 saturated heterocycles. The molecule has 0 aliphatic rings. The lowest BCUT2D eigenvalue weighted by Gasteiger charge is -2.21. The smallest absolute Gasteiger partial charge is 0.462 e. The Hall–Kier alpha value is -5.32. The number of unbranched alkanes of at least 4 members (excludes halogenated alkanes) is 18. The molecule has 0 radical (unpaired) electrons. The second-order valence-corrected chi connectivity index (χ2v) is 27.4. The number of carbonyl (C=O) groups excluding carboxylic acids is 4. The predicted molar refractivity (Wildman–Crippen MR) is 408 cm³/mol. The summed E-state index contributed by atoms with van der Waals surface area (Å²) in [5.41, 5.74) is 0. The van der Waals surface area contributed by atoms with Crippen LogP contribution in [-0.2, 0) is 65.4 Å². The van der Waals surface area contributed by atoms with Gasteiger partial charge in [0.2, 0.25) is 0 Å². The highest BCUT2D eigenvalue weighted by molar-refractivity contribution is 7.47. The monoisotopic (exact) mass is 1440 g/mol. The zero-order valence-corrected chi connectivity index (χ0v) is 63.6. The Kier molecular flexibility index (Phi) is 68.2. The van der Waals surface area contributed by atoms with Crippen LogP contribution >= 0.6 is 15.6 Å². The standard InChI is InChI=1S/C81H132O17P2/c1-5-9-13-17-21-25-29-32-35-36-37-38-41-43-47-50-54-58-62-66-79(84)92-72-77(98-81(86)68-64-60-56-52-48-44-40-34-31-27-23-19-15-11-7-3)74-96-100(89,90)94-70-75(82)69-93-99(87,88)95-73-76(97-80(85)67-63-59-55-51-45-28-24-20-16-12-8-4)71-91-78(83)65-61-57-53-49-46-42-39-33-30-26-22-18-14-10-6-2/h10-11,14-15,20-27,32-35,37-40,46,48-49,52,57,61,75-77,82H,5-9,12-13,16-19,28-31,36,41-45,47,50-51,53-56,58-60,62-74H2,1-4H3,(H,87,88)(H,89,90)/b14-10-,15-11-,24-20-,25-21-,26-22-,27-23-,35-32-,38-37-,39-33-,40-34-,49-46-,52-48-,61-57-. The van der Waals surface area contributed by atoms with Gasteiger partial charge >= 0.3 is 39.5 Å². The van der Waals surface area contributed by atoms with Gasteiger partial charge in [-0.15, -0.1) is 0 Å². The summed E-state index contributed by atoms with van der Waals surface area (Å²) >= 11 is 0. The van der Waals surface area contributed by atoms with E-state index in [0.29, 0.717) is 32.1 Å². The Balaban J connectivity index is 5.45. The predicted octanol–water partition coefficient (Wildman–Crippen LogP) is 21.7. The maximum atomic E-state index is 13.1. The number of aliphatic hydroxyl groups is 1. The van der Waals surface area contributed by atoms with E-state index in [0.717, 1.165) is 161 Å². The maximum Gasteiger partial charge on any atom is 0.472 e. The molecule has 0 aromatic rings. The molecule has 0 bridgehead atoms. The summed E-state index contributed by atoms with van der Waals surface area (Å²) in [6.45, 7) is 4.36. The summed E-state index contributed by atoms with van der Waals surface area (Å²) in [4.78, 5) is 72.7. The Morgan fingerprint density at radius 2 is 0.570 bits per heavy atom. The van der Waals surface area contributed by atoms with Gasteiger partial charge in [0.15, 0.2) is 12.2 Å². The number of esters is 4. The Bertz CT molecular complexity index is 2520. The molecule has 0 heterocycles. The van der Waals surface area contributed by atoms with Gasteiger partial charge in [0.25, 0.3) is 0 Å². The van der Waals surface area contributed by atoms with Crippen LogP contribution in [0.5, 0.6) is 0 Å². The van der Waals surface area contributed by atoms with Crippen LogP contribution in [0, 0.1) is 0 Å². The van der Waals surface area contributed by atoms with Gasteiger partial charge in [0, 0.05) is 19.3 Å². The summed E-state index contributed by atoms with van der Waals surface area (Å²) in [5, 5.41) is 10.6. The van der Waals surface area contributed by atoms with Gasteiger partial charge in [0.05, 0.1) is 32.8 Å². The van der Waals surface area contributed by atoms with E-state index in [1.165, 1.54) is 25.7 Å². The Labute approximate surface area is 604 Å². The minimum absolute atomic E-state index is 0.0323. The minimum atomic E-state index is -5.00. The average Bonchev–Trinajstić information content (AvgIpc) is 0.945. The number of carbonyl (C=O) groups is 4. The van der Waals surface area contributed by atoms with E-state index in [-0.39, 0.29) is 25.7 Å². The summed E-state index contributed by atoms with van der Waals surface area (Å²) in [6, 6.07) is 0. The van der Waals surface area contributed by atoms with Crippen molar-refractivity contribution in [2.75, 3.05) is 39.6 Å². The molecular formula is C81H132O17P2. The minimum Gasteiger partial charge on any atom is -0.462 e. The molecule has 0 aromatic heterocycles. The van der Waals surface area contributed by atoms with Gasteiger partial charge in [0.1, 0.15) is 19.3 Å². The van der Waals surface area contributed by atoms with Crippen LogP contribution in [-0.4, -0.2) is 96.7 Å². The highest BCUT2D eigenvalue weighted by atomic mass is 31.2. The number of allylic oxidation sites excluding steroid dienone is 25. The molecule has 5 unspecified atom stereocenters. The van der Waals surface area contributed by atoms with Gasteiger partial charge in [-0.05, 0) is 148 Å². The third-order valence-electron chi connectivity index (χ3n) is 15.0. The average molecular weight is 1440 g/mol. The first-order valence-electron chi connectivity index (χ1n) is 37.7. The van der Waals surface area contributed by atoms with Crippen LogP contribution in [0.2, 0.25) is 0 Å². The molecule has 0 saturated carbocycles. The van der Waals surface area contributed by atoms with E-state index in [1.807, 2.05) is 18.2 Å². The lowest BCUT2D eigenvalue weighted by Crippen LogP contribution is -2.30. The van der Waals surface area contributed by atoms with Crippen molar-refractivity contribution < 1.29 is 80.2 Å². The Morgan fingerprint density at radius 3 is 0.950 bits per heavy atom. The number of aliphatic hydroxyl groups excluding tert-OH is 1. The fraction of sp³-hybridized carbons (Fsp3) is 0.630. The van der Waals surface area contributed by atoms with Crippen molar-refractivity contribution in [3.05, 3.63) is 158 Å². The number of hydrogen-bond donors (Lipinski definition) is 3. The first kappa shape index (κ1) is 94.7. The Morgan fingerprint density at radius 1 is 0.300 bits per heavy atom. The highest BCUT2D eigenvalue weighted by Gasteiger charge is 2.30. The van der Waals surface area contributed by atoms with Crippen molar-refractivity contribution in [3.8, 4) is 0 Å². The number of ether oxygens (including phenoxy) is 4. The molecule has 0 rings (SSSR count). The number of phosphoric acid groups is 2. The van der Waals surface area contributed by atoms with Crippen LogP contribution in [0.1, 0.15) is 272 Å². The second-order valence-electron chi connectivity index (χ2n) is 24.5. The fourth-order valence-electron chi connectivity index (χ4n) is 9.27. The van der Waals surface area contributed by atoms with Crippen LogP contribution in [0.4, 0.5) is 0 Å². The quantitative estimate of drug-likeness (QED) is 0.0169. The van der Waals surface area contributed by atoms with Gasteiger partial charge in [-0.25, -0.2) is 9.13 Å². The van der Waals surface area contributed by atoms with Gasteiger partial charge in [-0.3, -0.25) is 37.3 Å². The largest absolute Gasteiger partial charge is 0.472 e. The van der Waals surface area contributed by atoms with Gasteiger partial charge in [-0.2, -0.15) is 0 Å². The third kappa shape index (κ3) is 71.1. The van der Waals surface area contributed by atoms with E-state index in [1.54, 1.807) is 6.08 Å². The summed E-state index contributed by atoms with van der Waals surface area (Å²) in [6.07, 6.45) is 82.8. The lowest BCUT2D eigenvalue weighted by molar-refractivity contribution is -0.161. The molecule has 0 aromatic carbocycles. The van der Waals surface area contributed by atoms with E-state index >= 15 is 0 Å². The topological polar surface area (TPSA) is 237 Å². The molecule has 3 N–H and O–H groups in total. The van der Waals surface area contributed by atoms with Crippen molar-refractivity contribution in [2.24, 2.45) is 0 Å². The molecule has 568 valence electrons.